The molecule has 0 bridgehead atoms. The molecule has 1 N–H and O–H groups in total. The summed E-state index contributed by atoms with van der Waals surface area (Å²) in [7, 11) is 0. The Labute approximate surface area is 198 Å². The number of rotatable bonds is 6. The van der Waals surface area contributed by atoms with Crippen LogP contribution in [0.3, 0.4) is 0 Å². The number of furan rings is 1. The predicted molar refractivity (Wildman–Crippen MR) is 135 cm³/mol. The average molecular weight is 448 g/mol. The fraction of sp³-hybridized carbons (Fsp3) is 0.138. The highest BCUT2D eigenvalue weighted by Gasteiger charge is 2.15. The van der Waals surface area contributed by atoms with E-state index in [-0.39, 0.29) is 5.91 Å². The fourth-order valence-electron chi connectivity index (χ4n) is 4.04. The summed E-state index contributed by atoms with van der Waals surface area (Å²) in [4.78, 5) is 22.7. The van der Waals surface area contributed by atoms with Crippen LogP contribution in [-0.2, 0) is 6.42 Å². The van der Waals surface area contributed by atoms with Gasteiger partial charge < -0.3 is 9.73 Å². The minimum absolute atomic E-state index is 0.143. The van der Waals surface area contributed by atoms with Gasteiger partial charge in [0.2, 0.25) is 0 Å². The van der Waals surface area contributed by atoms with E-state index in [9.17, 15) is 4.79 Å². The van der Waals surface area contributed by atoms with Gasteiger partial charge in [0.25, 0.3) is 5.91 Å². The van der Waals surface area contributed by atoms with Gasteiger partial charge in [-0.25, -0.2) is 9.97 Å². The molecule has 1 amide bonds. The molecule has 0 unspecified atom stereocenters. The van der Waals surface area contributed by atoms with Gasteiger partial charge in [-0.3, -0.25) is 4.79 Å². The Kier molecular flexibility index (Phi) is 5.91. The number of fused-ring (bicyclic) bond motifs is 1. The first kappa shape index (κ1) is 21.6. The van der Waals surface area contributed by atoms with Crippen molar-refractivity contribution in [3.63, 3.8) is 0 Å². The predicted octanol–water partition coefficient (Wildman–Crippen LogP) is 6.15. The summed E-state index contributed by atoms with van der Waals surface area (Å²) in [5.74, 6) is 0.700. The first-order chi connectivity index (χ1) is 16.6. The van der Waals surface area contributed by atoms with E-state index >= 15 is 0 Å². The van der Waals surface area contributed by atoms with Gasteiger partial charge in [0.15, 0.2) is 0 Å². The molecule has 0 radical (unpaired) electrons. The molecule has 2 aromatic heterocycles. The van der Waals surface area contributed by atoms with Crippen LogP contribution in [0.25, 0.3) is 33.5 Å². The van der Waals surface area contributed by atoms with Gasteiger partial charge in [0.05, 0.1) is 28.7 Å². The average Bonchev–Trinajstić information content (AvgIpc) is 3.36. The van der Waals surface area contributed by atoms with Gasteiger partial charge in [-0.1, -0.05) is 47.5 Å². The van der Waals surface area contributed by atoms with Crippen molar-refractivity contribution in [2.75, 3.05) is 6.54 Å². The molecule has 3 aromatic carbocycles. The highest BCUT2D eigenvalue weighted by atomic mass is 16.3. The number of aromatic nitrogens is 2. The maximum absolute atomic E-state index is 12.8. The van der Waals surface area contributed by atoms with Gasteiger partial charge in [-0.15, -0.1) is 0 Å². The SMILES string of the molecule is Cc1cccc(-c2nc3ccc(C(=O)NCCc4ccco4)cc3nc2-c2cccc(C)c2)c1. The summed E-state index contributed by atoms with van der Waals surface area (Å²) in [6.45, 7) is 4.63. The number of hydrogen-bond donors (Lipinski definition) is 1. The number of carbonyl (C=O) groups excluding carboxylic acids is 1. The maximum Gasteiger partial charge on any atom is 0.251 e. The van der Waals surface area contributed by atoms with E-state index in [1.807, 2.05) is 42.5 Å². The lowest BCUT2D eigenvalue weighted by Gasteiger charge is -2.12. The van der Waals surface area contributed by atoms with Gasteiger partial charge in [0, 0.05) is 29.7 Å². The molecular formula is C29H25N3O2. The molecule has 5 rings (SSSR count). The van der Waals surface area contributed by atoms with Crippen molar-refractivity contribution < 1.29 is 9.21 Å². The second-order valence-corrected chi connectivity index (χ2v) is 8.45. The maximum atomic E-state index is 12.8. The number of amides is 1. The monoisotopic (exact) mass is 447 g/mol. The second kappa shape index (κ2) is 9.32. The quantitative estimate of drug-likeness (QED) is 0.339. The number of carbonyl (C=O) groups is 1. The molecule has 0 saturated heterocycles. The third-order valence-electron chi connectivity index (χ3n) is 5.75. The summed E-state index contributed by atoms with van der Waals surface area (Å²) in [5.41, 5.74) is 7.96. The van der Waals surface area contributed by atoms with Crippen molar-refractivity contribution in [1.29, 1.82) is 0 Å². The van der Waals surface area contributed by atoms with Crippen LogP contribution >= 0.6 is 0 Å². The van der Waals surface area contributed by atoms with Crippen molar-refractivity contribution in [2.24, 2.45) is 0 Å². The van der Waals surface area contributed by atoms with Crippen LogP contribution in [0.5, 0.6) is 0 Å². The lowest BCUT2D eigenvalue weighted by molar-refractivity contribution is 0.0954. The largest absolute Gasteiger partial charge is 0.469 e. The zero-order chi connectivity index (χ0) is 23.5. The Balaban J connectivity index is 1.53. The Hall–Kier alpha value is -4.25. The van der Waals surface area contributed by atoms with Crippen LogP contribution in [0, 0.1) is 13.8 Å². The summed E-state index contributed by atoms with van der Waals surface area (Å²) < 4.78 is 5.33. The van der Waals surface area contributed by atoms with Gasteiger partial charge in [-0.2, -0.15) is 0 Å². The number of benzene rings is 3. The van der Waals surface area contributed by atoms with Crippen LogP contribution in [0.2, 0.25) is 0 Å². The van der Waals surface area contributed by atoms with E-state index in [4.69, 9.17) is 14.4 Å². The van der Waals surface area contributed by atoms with Crippen molar-refractivity contribution in [3.05, 3.63) is 108 Å². The number of hydrogen-bond acceptors (Lipinski definition) is 4. The molecule has 0 atom stereocenters. The van der Waals surface area contributed by atoms with E-state index in [2.05, 4.69) is 49.5 Å². The summed E-state index contributed by atoms with van der Waals surface area (Å²) in [6.07, 6.45) is 2.28. The third kappa shape index (κ3) is 4.59. The number of nitrogens with one attached hydrogen (secondary N) is 1. The standard InChI is InChI=1S/C29H25N3O2/c1-19-6-3-8-21(16-19)27-28(22-9-4-7-20(2)17-22)32-26-18-23(11-12-25(26)31-27)29(33)30-14-13-24-10-5-15-34-24/h3-12,15-18H,13-14H2,1-2H3,(H,30,33). The Morgan fingerprint density at radius 3 is 2.09 bits per heavy atom. The van der Waals surface area contributed by atoms with E-state index < -0.39 is 0 Å². The van der Waals surface area contributed by atoms with Crippen LogP contribution in [0.4, 0.5) is 0 Å². The van der Waals surface area contributed by atoms with Gasteiger partial charge in [-0.05, 0) is 56.3 Å². The molecule has 5 heteroatoms. The van der Waals surface area contributed by atoms with Crippen molar-refractivity contribution in [3.8, 4) is 22.5 Å². The molecule has 5 aromatic rings. The molecule has 0 aliphatic carbocycles. The lowest BCUT2D eigenvalue weighted by atomic mass is 10.0. The van der Waals surface area contributed by atoms with Gasteiger partial charge >= 0.3 is 0 Å². The van der Waals surface area contributed by atoms with E-state index in [0.717, 1.165) is 44.9 Å². The molecule has 34 heavy (non-hydrogen) atoms. The minimum Gasteiger partial charge on any atom is -0.469 e. The summed E-state index contributed by atoms with van der Waals surface area (Å²) in [6, 6.07) is 25.8. The normalized spacial score (nSPS) is 11.0. The third-order valence-corrected chi connectivity index (χ3v) is 5.75. The topological polar surface area (TPSA) is 68.0 Å². The van der Waals surface area contributed by atoms with Crippen LogP contribution in [0.15, 0.2) is 89.5 Å². The van der Waals surface area contributed by atoms with Crippen molar-refractivity contribution >= 4 is 16.9 Å². The van der Waals surface area contributed by atoms with Crippen LogP contribution in [0.1, 0.15) is 27.2 Å². The Morgan fingerprint density at radius 2 is 1.47 bits per heavy atom. The van der Waals surface area contributed by atoms with Crippen LogP contribution < -0.4 is 5.32 Å². The molecule has 0 saturated carbocycles. The first-order valence-corrected chi connectivity index (χ1v) is 11.3. The van der Waals surface area contributed by atoms with Crippen LogP contribution in [-0.4, -0.2) is 22.4 Å². The highest BCUT2D eigenvalue weighted by molar-refractivity contribution is 5.98. The lowest BCUT2D eigenvalue weighted by Crippen LogP contribution is -2.25. The van der Waals surface area contributed by atoms with E-state index in [0.29, 0.717) is 24.0 Å². The van der Waals surface area contributed by atoms with Gasteiger partial charge in [0.1, 0.15) is 5.76 Å². The number of nitrogens with zero attached hydrogens (tertiary/aromatic N) is 2. The Bertz CT molecular complexity index is 1470. The summed E-state index contributed by atoms with van der Waals surface area (Å²) >= 11 is 0. The van der Waals surface area contributed by atoms with E-state index in [1.165, 1.54) is 0 Å². The zero-order valence-electron chi connectivity index (χ0n) is 19.2. The fourth-order valence-corrected chi connectivity index (χ4v) is 4.04. The highest BCUT2D eigenvalue weighted by Crippen LogP contribution is 2.32. The molecule has 0 aliphatic heterocycles. The van der Waals surface area contributed by atoms with E-state index in [1.54, 1.807) is 12.3 Å². The molecule has 0 fully saturated rings. The zero-order valence-corrected chi connectivity index (χ0v) is 19.2. The molecule has 0 aliphatic rings. The molecular weight excluding hydrogens is 422 g/mol. The second-order valence-electron chi connectivity index (χ2n) is 8.45. The molecule has 0 spiro atoms. The molecule has 2 heterocycles. The van der Waals surface area contributed by atoms with Crippen molar-refractivity contribution in [1.82, 2.24) is 15.3 Å². The summed E-state index contributed by atoms with van der Waals surface area (Å²) in [5, 5.41) is 2.95. The minimum atomic E-state index is -0.143. The smallest absolute Gasteiger partial charge is 0.251 e. The number of aryl methyl sites for hydroxylation is 2. The Morgan fingerprint density at radius 1 is 0.794 bits per heavy atom. The first-order valence-electron chi connectivity index (χ1n) is 11.3. The molecule has 168 valence electrons. The van der Waals surface area contributed by atoms with Crippen molar-refractivity contribution in [2.45, 2.75) is 20.3 Å². The molecule has 5 nitrogen and oxygen atoms in total.